The lowest BCUT2D eigenvalue weighted by Gasteiger charge is -2.16. The molecule has 0 saturated heterocycles. The normalized spacial score (nSPS) is 12.4. The van der Waals surface area contributed by atoms with E-state index in [-0.39, 0.29) is 6.04 Å². The predicted molar refractivity (Wildman–Crippen MR) is 71.7 cm³/mol. The third-order valence-electron chi connectivity index (χ3n) is 3.03. The van der Waals surface area contributed by atoms with Crippen LogP contribution < -0.4 is 10.5 Å². The zero-order valence-electron chi connectivity index (χ0n) is 11.1. The molecular weight excluding hydrogens is 226 g/mol. The lowest BCUT2D eigenvalue weighted by Crippen LogP contribution is -2.17. The van der Waals surface area contributed by atoms with Gasteiger partial charge in [0, 0.05) is 12.1 Å². The maximum absolute atomic E-state index is 6.34. The monoisotopic (exact) mass is 245 g/mol. The largest absolute Gasteiger partial charge is 0.496 e. The van der Waals surface area contributed by atoms with Crippen molar-refractivity contribution in [1.82, 2.24) is 9.78 Å². The van der Waals surface area contributed by atoms with Gasteiger partial charge in [-0.1, -0.05) is 18.2 Å². The zero-order valence-corrected chi connectivity index (χ0v) is 11.1. The number of ether oxygens (including phenoxy) is 1. The van der Waals surface area contributed by atoms with Gasteiger partial charge in [0.2, 0.25) is 0 Å². The molecule has 4 heteroatoms. The molecule has 18 heavy (non-hydrogen) atoms. The second-order valence-electron chi connectivity index (χ2n) is 4.25. The molecule has 0 aliphatic heterocycles. The molecule has 0 bridgehead atoms. The molecule has 2 aromatic rings. The van der Waals surface area contributed by atoms with Gasteiger partial charge in [-0.15, -0.1) is 0 Å². The second-order valence-corrected chi connectivity index (χ2v) is 4.25. The Balaban J connectivity index is 2.44. The van der Waals surface area contributed by atoms with Crippen LogP contribution in [0.25, 0.3) is 0 Å². The topological polar surface area (TPSA) is 53.1 Å². The summed E-state index contributed by atoms with van der Waals surface area (Å²) in [5.41, 5.74) is 9.32. The molecular formula is C14H19N3O. The quantitative estimate of drug-likeness (QED) is 0.899. The van der Waals surface area contributed by atoms with E-state index in [1.165, 1.54) is 0 Å². The van der Waals surface area contributed by atoms with Crippen molar-refractivity contribution in [3.05, 3.63) is 47.3 Å². The Labute approximate surface area is 107 Å². The summed E-state index contributed by atoms with van der Waals surface area (Å²) in [6.45, 7) is 4.85. The van der Waals surface area contributed by atoms with E-state index in [4.69, 9.17) is 10.5 Å². The van der Waals surface area contributed by atoms with Gasteiger partial charge in [-0.3, -0.25) is 4.68 Å². The van der Waals surface area contributed by atoms with Crippen molar-refractivity contribution in [1.29, 1.82) is 0 Å². The van der Waals surface area contributed by atoms with Crippen LogP contribution in [0.2, 0.25) is 0 Å². The van der Waals surface area contributed by atoms with E-state index in [0.29, 0.717) is 0 Å². The Morgan fingerprint density at radius 1 is 1.39 bits per heavy atom. The standard InChI is InChI=1S/C14H19N3O/c1-4-17-12(9-10(2)16-17)14(15)11-7-5-6-8-13(11)18-3/h5-9,14H,4,15H2,1-3H3. The Morgan fingerprint density at radius 2 is 2.11 bits per heavy atom. The maximum atomic E-state index is 6.34. The molecule has 0 radical (unpaired) electrons. The average molecular weight is 245 g/mol. The maximum Gasteiger partial charge on any atom is 0.124 e. The first-order valence-corrected chi connectivity index (χ1v) is 6.10. The number of methoxy groups -OCH3 is 1. The number of hydrogen-bond donors (Lipinski definition) is 1. The fraction of sp³-hybridized carbons (Fsp3) is 0.357. The molecule has 1 aromatic heterocycles. The highest BCUT2D eigenvalue weighted by molar-refractivity contribution is 5.39. The van der Waals surface area contributed by atoms with E-state index >= 15 is 0 Å². The minimum absolute atomic E-state index is 0.220. The Morgan fingerprint density at radius 3 is 2.78 bits per heavy atom. The zero-order chi connectivity index (χ0) is 13.1. The smallest absolute Gasteiger partial charge is 0.124 e. The van der Waals surface area contributed by atoms with E-state index in [2.05, 4.69) is 12.0 Å². The number of rotatable bonds is 4. The summed E-state index contributed by atoms with van der Waals surface area (Å²) >= 11 is 0. The summed E-state index contributed by atoms with van der Waals surface area (Å²) in [6, 6.07) is 9.64. The number of nitrogens with two attached hydrogens (primary N) is 1. The Hall–Kier alpha value is -1.81. The number of hydrogen-bond acceptors (Lipinski definition) is 3. The molecule has 0 spiro atoms. The van der Waals surface area contributed by atoms with Crippen molar-refractivity contribution in [3.8, 4) is 5.75 Å². The molecule has 96 valence electrons. The van der Waals surface area contributed by atoms with Crippen molar-refractivity contribution in [2.24, 2.45) is 5.73 Å². The molecule has 0 saturated carbocycles. The van der Waals surface area contributed by atoms with Crippen LogP contribution >= 0.6 is 0 Å². The third-order valence-corrected chi connectivity index (χ3v) is 3.03. The molecule has 4 nitrogen and oxygen atoms in total. The second kappa shape index (κ2) is 5.23. The fourth-order valence-electron chi connectivity index (χ4n) is 2.15. The minimum atomic E-state index is -0.220. The molecule has 2 rings (SSSR count). The highest BCUT2D eigenvalue weighted by Crippen LogP contribution is 2.28. The summed E-state index contributed by atoms with van der Waals surface area (Å²) in [7, 11) is 1.66. The molecule has 1 aromatic carbocycles. The van der Waals surface area contributed by atoms with Gasteiger partial charge in [0.1, 0.15) is 5.75 Å². The lowest BCUT2D eigenvalue weighted by atomic mass is 10.0. The fourth-order valence-corrected chi connectivity index (χ4v) is 2.15. The van der Waals surface area contributed by atoms with Gasteiger partial charge in [-0.05, 0) is 26.0 Å². The van der Waals surface area contributed by atoms with Gasteiger partial charge in [0.05, 0.1) is 24.5 Å². The summed E-state index contributed by atoms with van der Waals surface area (Å²) in [5.74, 6) is 0.812. The molecule has 1 heterocycles. The van der Waals surface area contributed by atoms with Gasteiger partial charge in [-0.2, -0.15) is 5.10 Å². The van der Waals surface area contributed by atoms with Crippen LogP contribution in [0, 0.1) is 6.92 Å². The van der Waals surface area contributed by atoms with Crippen molar-refractivity contribution >= 4 is 0 Å². The highest BCUT2D eigenvalue weighted by Gasteiger charge is 2.17. The van der Waals surface area contributed by atoms with Crippen LogP contribution in [0.4, 0.5) is 0 Å². The summed E-state index contributed by atoms with van der Waals surface area (Å²) in [5, 5.41) is 4.43. The van der Waals surface area contributed by atoms with Gasteiger partial charge < -0.3 is 10.5 Å². The van der Waals surface area contributed by atoms with Crippen molar-refractivity contribution < 1.29 is 4.74 Å². The summed E-state index contributed by atoms with van der Waals surface area (Å²) in [4.78, 5) is 0. The number of aryl methyl sites for hydroxylation is 2. The average Bonchev–Trinajstić information content (AvgIpc) is 2.79. The Kier molecular flexibility index (Phi) is 3.67. The van der Waals surface area contributed by atoms with Crippen LogP contribution in [0.5, 0.6) is 5.75 Å². The van der Waals surface area contributed by atoms with Gasteiger partial charge in [-0.25, -0.2) is 0 Å². The summed E-state index contributed by atoms with van der Waals surface area (Å²) < 4.78 is 7.30. The molecule has 0 aliphatic rings. The molecule has 0 fully saturated rings. The van der Waals surface area contributed by atoms with Crippen LogP contribution in [0.1, 0.15) is 29.9 Å². The van der Waals surface area contributed by atoms with Crippen molar-refractivity contribution in [2.75, 3.05) is 7.11 Å². The van der Waals surface area contributed by atoms with E-state index in [9.17, 15) is 0 Å². The van der Waals surface area contributed by atoms with E-state index in [0.717, 1.165) is 29.2 Å². The third kappa shape index (κ3) is 2.24. The lowest BCUT2D eigenvalue weighted by molar-refractivity contribution is 0.407. The highest BCUT2D eigenvalue weighted by atomic mass is 16.5. The van der Waals surface area contributed by atoms with Crippen molar-refractivity contribution in [3.63, 3.8) is 0 Å². The first-order valence-electron chi connectivity index (χ1n) is 6.10. The molecule has 1 unspecified atom stereocenters. The van der Waals surface area contributed by atoms with Crippen molar-refractivity contribution in [2.45, 2.75) is 26.4 Å². The molecule has 0 aliphatic carbocycles. The molecule has 1 atom stereocenters. The van der Waals surface area contributed by atoms with Crippen LogP contribution in [-0.4, -0.2) is 16.9 Å². The van der Waals surface area contributed by atoms with Crippen LogP contribution in [-0.2, 0) is 6.54 Å². The van der Waals surface area contributed by atoms with Gasteiger partial charge >= 0.3 is 0 Å². The number of aromatic nitrogens is 2. The van der Waals surface area contributed by atoms with E-state index in [1.54, 1.807) is 7.11 Å². The summed E-state index contributed by atoms with van der Waals surface area (Å²) in [6.07, 6.45) is 0. The SMILES string of the molecule is CCn1nc(C)cc1C(N)c1ccccc1OC. The van der Waals surface area contributed by atoms with Crippen LogP contribution in [0.15, 0.2) is 30.3 Å². The van der Waals surface area contributed by atoms with E-state index < -0.39 is 0 Å². The number of nitrogens with zero attached hydrogens (tertiary/aromatic N) is 2. The molecule has 0 amide bonds. The van der Waals surface area contributed by atoms with Gasteiger partial charge in [0.15, 0.2) is 0 Å². The number of para-hydroxylation sites is 1. The molecule has 2 N–H and O–H groups in total. The number of benzene rings is 1. The van der Waals surface area contributed by atoms with Crippen LogP contribution in [0.3, 0.4) is 0 Å². The Bertz CT molecular complexity index is 534. The minimum Gasteiger partial charge on any atom is -0.496 e. The van der Waals surface area contributed by atoms with Gasteiger partial charge in [0.25, 0.3) is 0 Å². The predicted octanol–water partition coefficient (Wildman–Crippen LogP) is 2.27. The first kappa shape index (κ1) is 12.6. The first-order chi connectivity index (χ1) is 8.67. The van der Waals surface area contributed by atoms with E-state index in [1.807, 2.05) is 41.9 Å².